The van der Waals surface area contributed by atoms with Crippen molar-refractivity contribution in [3.63, 3.8) is 0 Å². The number of carbonyl (C=O) groups is 1. The van der Waals surface area contributed by atoms with Gasteiger partial charge >= 0.3 is 0 Å². The summed E-state index contributed by atoms with van der Waals surface area (Å²) >= 11 is 2.20. The lowest BCUT2D eigenvalue weighted by atomic mass is 10.2. The van der Waals surface area contributed by atoms with Crippen LogP contribution in [0.15, 0.2) is 42.5 Å². The number of hydrogen-bond donors (Lipinski definition) is 1. The van der Waals surface area contributed by atoms with Gasteiger partial charge in [0.05, 0.1) is 7.11 Å². The van der Waals surface area contributed by atoms with Crippen molar-refractivity contribution in [2.24, 2.45) is 0 Å². The second-order valence-corrected chi connectivity index (χ2v) is 5.75. The third-order valence-electron chi connectivity index (χ3n) is 2.79. The van der Waals surface area contributed by atoms with Crippen molar-refractivity contribution in [1.29, 1.82) is 0 Å². The second kappa shape index (κ2) is 7.31. The van der Waals surface area contributed by atoms with Crippen LogP contribution in [-0.4, -0.2) is 19.6 Å². The Morgan fingerprint density at radius 1 is 1.19 bits per heavy atom. The van der Waals surface area contributed by atoms with E-state index in [0.29, 0.717) is 11.5 Å². The van der Waals surface area contributed by atoms with E-state index < -0.39 is 0 Å². The van der Waals surface area contributed by atoms with Gasteiger partial charge in [-0.15, -0.1) is 0 Å². The zero-order chi connectivity index (χ0) is 15.2. The fourth-order valence-corrected chi connectivity index (χ4v) is 2.34. The molecule has 0 atom stereocenters. The highest BCUT2D eigenvalue weighted by Gasteiger charge is 2.08. The SMILES string of the molecule is COc1cc(C)ccc1OCC(=O)Nc1cccc(I)c1. The average Bonchev–Trinajstić information content (AvgIpc) is 2.45. The Morgan fingerprint density at radius 3 is 2.71 bits per heavy atom. The van der Waals surface area contributed by atoms with Crippen LogP contribution in [-0.2, 0) is 4.79 Å². The Balaban J connectivity index is 1.95. The predicted octanol–water partition coefficient (Wildman–Crippen LogP) is 3.63. The summed E-state index contributed by atoms with van der Waals surface area (Å²) in [6.45, 7) is 1.90. The van der Waals surface area contributed by atoms with E-state index in [1.165, 1.54) is 0 Å². The number of methoxy groups -OCH3 is 1. The molecule has 0 radical (unpaired) electrons. The second-order valence-electron chi connectivity index (χ2n) is 4.50. The van der Waals surface area contributed by atoms with Gasteiger partial charge in [0.15, 0.2) is 18.1 Å². The minimum absolute atomic E-state index is 0.0646. The molecule has 2 rings (SSSR count). The Kier molecular flexibility index (Phi) is 5.44. The van der Waals surface area contributed by atoms with Crippen molar-refractivity contribution in [3.05, 3.63) is 51.6 Å². The van der Waals surface area contributed by atoms with E-state index in [9.17, 15) is 4.79 Å². The maximum atomic E-state index is 11.9. The van der Waals surface area contributed by atoms with E-state index in [1.807, 2.05) is 43.3 Å². The summed E-state index contributed by atoms with van der Waals surface area (Å²) in [6, 6.07) is 13.2. The van der Waals surface area contributed by atoms with E-state index in [-0.39, 0.29) is 12.5 Å². The molecule has 1 N–H and O–H groups in total. The molecule has 0 heterocycles. The molecule has 0 aliphatic heterocycles. The predicted molar refractivity (Wildman–Crippen MR) is 91.0 cm³/mol. The molecule has 0 aliphatic carbocycles. The van der Waals surface area contributed by atoms with Crippen LogP contribution < -0.4 is 14.8 Å². The van der Waals surface area contributed by atoms with Gasteiger partial charge in [-0.1, -0.05) is 12.1 Å². The van der Waals surface area contributed by atoms with Crippen molar-refractivity contribution < 1.29 is 14.3 Å². The number of halogens is 1. The van der Waals surface area contributed by atoms with E-state index in [2.05, 4.69) is 27.9 Å². The van der Waals surface area contributed by atoms with Crippen molar-refractivity contribution in [3.8, 4) is 11.5 Å². The summed E-state index contributed by atoms with van der Waals surface area (Å²) in [7, 11) is 1.58. The number of amides is 1. The summed E-state index contributed by atoms with van der Waals surface area (Å²) in [4.78, 5) is 11.9. The van der Waals surface area contributed by atoms with E-state index >= 15 is 0 Å². The van der Waals surface area contributed by atoms with Gasteiger partial charge in [-0.25, -0.2) is 0 Å². The Hall–Kier alpha value is -1.76. The number of aryl methyl sites for hydroxylation is 1. The van der Waals surface area contributed by atoms with Gasteiger partial charge in [0.1, 0.15) is 0 Å². The van der Waals surface area contributed by atoms with Gasteiger partial charge in [-0.2, -0.15) is 0 Å². The number of benzene rings is 2. The average molecular weight is 397 g/mol. The van der Waals surface area contributed by atoms with Crippen molar-refractivity contribution >= 4 is 34.2 Å². The molecular weight excluding hydrogens is 381 g/mol. The topological polar surface area (TPSA) is 47.6 Å². The standard InChI is InChI=1S/C16H16INO3/c1-11-6-7-14(15(8-11)20-2)21-10-16(19)18-13-5-3-4-12(17)9-13/h3-9H,10H2,1-2H3,(H,18,19). The van der Waals surface area contributed by atoms with Crippen molar-refractivity contribution in [2.75, 3.05) is 19.0 Å². The summed E-state index contributed by atoms with van der Waals surface area (Å²) < 4.78 is 11.8. The van der Waals surface area contributed by atoms with Crippen LogP contribution in [0.5, 0.6) is 11.5 Å². The highest BCUT2D eigenvalue weighted by Crippen LogP contribution is 2.27. The minimum Gasteiger partial charge on any atom is -0.493 e. The summed E-state index contributed by atoms with van der Waals surface area (Å²) in [5.74, 6) is 0.970. The van der Waals surface area contributed by atoms with E-state index in [4.69, 9.17) is 9.47 Å². The zero-order valence-corrected chi connectivity index (χ0v) is 14.0. The lowest BCUT2D eigenvalue weighted by Crippen LogP contribution is -2.20. The van der Waals surface area contributed by atoms with Crippen molar-refractivity contribution in [2.45, 2.75) is 6.92 Å². The molecular formula is C16H16INO3. The van der Waals surface area contributed by atoms with E-state index in [0.717, 1.165) is 14.8 Å². The lowest BCUT2D eigenvalue weighted by molar-refractivity contribution is -0.118. The molecule has 2 aromatic carbocycles. The third-order valence-corrected chi connectivity index (χ3v) is 3.46. The maximum Gasteiger partial charge on any atom is 0.262 e. The molecule has 0 saturated heterocycles. The first kappa shape index (κ1) is 15.6. The van der Waals surface area contributed by atoms with Gasteiger partial charge in [0.25, 0.3) is 5.91 Å². The molecule has 0 saturated carbocycles. The molecule has 0 unspecified atom stereocenters. The van der Waals surface area contributed by atoms with Gasteiger partial charge in [-0.05, 0) is 65.4 Å². The third kappa shape index (κ3) is 4.63. The number of hydrogen-bond acceptors (Lipinski definition) is 3. The Labute approximate surface area is 137 Å². The molecule has 2 aromatic rings. The zero-order valence-electron chi connectivity index (χ0n) is 11.9. The van der Waals surface area contributed by atoms with Crippen molar-refractivity contribution in [1.82, 2.24) is 0 Å². The van der Waals surface area contributed by atoms with Crippen LogP contribution in [0.3, 0.4) is 0 Å². The first-order valence-electron chi connectivity index (χ1n) is 6.41. The quantitative estimate of drug-likeness (QED) is 0.785. The van der Waals surface area contributed by atoms with Gasteiger partial charge in [-0.3, -0.25) is 4.79 Å². The fourth-order valence-electron chi connectivity index (χ4n) is 1.80. The van der Waals surface area contributed by atoms with Crippen LogP contribution in [0.25, 0.3) is 0 Å². The molecule has 0 aromatic heterocycles. The molecule has 0 bridgehead atoms. The lowest BCUT2D eigenvalue weighted by Gasteiger charge is -2.11. The summed E-state index contributed by atoms with van der Waals surface area (Å²) in [5.41, 5.74) is 1.83. The Bertz CT molecular complexity index is 643. The summed E-state index contributed by atoms with van der Waals surface area (Å²) in [6.07, 6.45) is 0. The summed E-state index contributed by atoms with van der Waals surface area (Å²) in [5, 5.41) is 2.79. The molecule has 4 nitrogen and oxygen atoms in total. The minimum atomic E-state index is -0.209. The van der Waals surface area contributed by atoms with Crippen LogP contribution >= 0.6 is 22.6 Å². The van der Waals surface area contributed by atoms with E-state index in [1.54, 1.807) is 13.2 Å². The molecule has 110 valence electrons. The smallest absolute Gasteiger partial charge is 0.262 e. The highest BCUT2D eigenvalue weighted by atomic mass is 127. The molecule has 21 heavy (non-hydrogen) atoms. The number of carbonyl (C=O) groups excluding carboxylic acids is 1. The van der Waals surface area contributed by atoms with Crippen LogP contribution in [0, 0.1) is 10.5 Å². The number of anilines is 1. The first-order valence-corrected chi connectivity index (χ1v) is 7.49. The number of ether oxygens (including phenoxy) is 2. The normalized spacial score (nSPS) is 10.0. The highest BCUT2D eigenvalue weighted by molar-refractivity contribution is 14.1. The largest absolute Gasteiger partial charge is 0.493 e. The fraction of sp³-hybridized carbons (Fsp3) is 0.188. The maximum absolute atomic E-state index is 11.9. The number of nitrogens with one attached hydrogen (secondary N) is 1. The van der Waals surface area contributed by atoms with Crippen LogP contribution in [0.4, 0.5) is 5.69 Å². The molecule has 0 spiro atoms. The monoisotopic (exact) mass is 397 g/mol. The molecule has 1 amide bonds. The Morgan fingerprint density at radius 2 is 2.00 bits per heavy atom. The van der Waals surface area contributed by atoms with Gasteiger partial charge in [0.2, 0.25) is 0 Å². The van der Waals surface area contributed by atoms with Crippen LogP contribution in [0.1, 0.15) is 5.56 Å². The molecule has 5 heteroatoms. The molecule has 0 fully saturated rings. The van der Waals surface area contributed by atoms with Gasteiger partial charge in [0, 0.05) is 9.26 Å². The van der Waals surface area contributed by atoms with Gasteiger partial charge < -0.3 is 14.8 Å². The molecule has 0 aliphatic rings. The van der Waals surface area contributed by atoms with Crippen LogP contribution in [0.2, 0.25) is 0 Å². The number of rotatable bonds is 5. The first-order chi connectivity index (χ1) is 10.1.